The number of hydrogen-bond acceptors (Lipinski definition) is 1. The predicted molar refractivity (Wildman–Crippen MR) is 128 cm³/mol. The van der Waals surface area contributed by atoms with E-state index in [-0.39, 0.29) is 0 Å². The second-order valence-corrected chi connectivity index (χ2v) is 7.63. The number of nitrogens with zero attached hydrogens (tertiary/aromatic N) is 1. The highest BCUT2D eigenvalue weighted by Gasteiger charge is 2.15. The highest BCUT2D eigenvalue weighted by atomic mass is 14.7. The van der Waals surface area contributed by atoms with E-state index in [0.29, 0.717) is 0 Å². The summed E-state index contributed by atoms with van der Waals surface area (Å²) in [5, 5.41) is 6.10. The van der Waals surface area contributed by atoms with Crippen molar-refractivity contribution < 1.29 is 0 Å². The lowest BCUT2D eigenvalue weighted by molar-refractivity contribution is 1.41. The summed E-state index contributed by atoms with van der Waals surface area (Å²) >= 11 is 0. The zero-order valence-electron chi connectivity index (χ0n) is 16.4. The van der Waals surface area contributed by atoms with Crippen molar-refractivity contribution >= 4 is 32.4 Å². The third kappa shape index (κ3) is 2.67. The Kier molecular flexibility index (Phi) is 3.85. The van der Waals surface area contributed by atoms with E-state index in [1.165, 1.54) is 38.2 Å². The van der Waals surface area contributed by atoms with Gasteiger partial charge in [0.1, 0.15) is 0 Å². The molecule has 0 unspecified atom stereocenters. The number of para-hydroxylation sites is 1. The molecule has 1 heteroatoms. The van der Waals surface area contributed by atoms with Crippen molar-refractivity contribution in [3.05, 3.63) is 115 Å². The van der Waals surface area contributed by atoms with Crippen LogP contribution in [-0.4, -0.2) is 4.98 Å². The van der Waals surface area contributed by atoms with Crippen molar-refractivity contribution in [2.75, 3.05) is 0 Å². The van der Waals surface area contributed by atoms with Crippen molar-refractivity contribution in [2.24, 2.45) is 0 Å². The number of hydrogen-bond donors (Lipinski definition) is 0. The summed E-state index contributed by atoms with van der Waals surface area (Å²) in [4.78, 5) is 5.18. The normalized spacial score (nSPS) is 11.3. The number of benzene rings is 5. The van der Waals surface area contributed by atoms with Gasteiger partial charge in [0, 0.05) is 16.5 Å². The van der Waals surface area contributed by atoms with Crippen LogP contribution in [-0.2, 0) is 0 Å². The maximum atomic E-state index is 5.18. The Bertz CT molecular complexity index is 1420. The molecule has 0 atom stereocenters. The van der Waals surface area contributed by atoms with Crippen LogP contribution in [0.5, 0.6) is 0 Å². The summed E-state index contributed by atoms with van der Waals surface area (Å²) in [7, 11) is 0. The minimum absolute atomic E-state index is 1.02. The molecule has 1 heterocycles. The van der Waals surface area contributed by atoms with Gasteiger partial charge in [0.2, 0.25) is 0 Å². The SMILES string of the molecule is c1ccc2nc(-c3cccc4ccccc34)c(-c3cccc4ccccc34)cc2c1. The first kappa shape index (κ1) is 16.9. The summed E-state index contributed by atoms with van der Waals surface area (Å²) in [6.45, 7) is 0. The Balaban J connectivity index is 1.76. The molecule has 0 aliphatic heterocycles. The predicted octanol–water partition coefficient (Wildman–Crippen LogP) is 7.88. The van der Waals surface area contributed by atoms with Gasteiger partial charge in [-0.1, -0.05) is 103 Å². The summed E-state index contributed by atoms with van der Waals surface area (Å²) < 4.78 is 0. The first-order valence-electron chi connectivity index (χ1n) is 10.2. The lowest BCUT2D eigenvalue weighted by Crippen LogP contribution is -1.93. The van der Waals surface area contributed by atoms with E-state index in [1.807, 2.05) is 0 Å². The third-order valence-corrected chi connectivity index (χ3v) is 5.85. The fraction of sp³-hybridized carbons (Fsp3) is 0. The van der Waals surface area contributed by atoms with Crippen LogP contribution in [0.1, 0.15) is 0 Å². The van der Waals surface area contributed by atoms with Gasteiger partial charge < -0.3 is 0 Å². The lowest BCUT2D eigenvalue weighted by atomic mass is 9.91. The Morgan fingerprint density at radius 2 is 0.933 bits per heavy atom. The monoisotopic (exact) mass is 381 g/mol. The molecule has 0 saturated carbocycles. The van der Waals surface area contributed by atoms with Crippen molar-refractivity contribution in [1.82, 2.24) is 4.98 Å². The standard InChI is InChI=1S/C29H19N/c1-4-14-23-20(9-1)12-7-16-25(23)27-19-22-11-3-6-18-28(22)30-29(27)26-17-8-13-21-10-2-5-15-24(21)26/h1-19H. The van der Waals surface area contributed by atoms with E-state index in [9.17, 15) is 0 Å². The van der Waals surface area contributed by atoms with Crippen LogP contribution < -0.4 is 0 Å². The molecule has 30 heavy (non-hydrogen) atoms. The van der Waals surface area contributed by atoms with Crippen LogP contribution in [0.15, 0.2) is 115 Å². The molecule has 0 fully saturated rings. The van der Waals surface area contributed by atoms with Gasteiger partial charge in [-0.05, 0) is 39.2 Å². The first-order valence-corrected chi connectivity index (χ1v) is 10.2. The van der Waals surface area contributed by atoms with Crippen LogP contribution in [0.3, 0.4) is 0 Å². The maximum Gasteiger partial charge on any atom is 0.0794 e. The quantitative estimate of drug-likeness (QED) is 0.297. The zero-order valence-corrected chi connectivity index (χ0v) is 16.4. The highest BCUT2D eigenvalue weighted by Crippen LogP contribution is 2.39. The van der Waals surface area contributed by atoms with Crippen molar-refractivity contribution in [2.45, 2.75) is 0 Å². The molecule has 1 nitrogen and oxygen atoms in total. The summed E-state index contributed by atoms with van der Waals surface area (Å²) in [6, 6.07) is 40.8. The molecule has 140 valence electrons. The van der Waals surface area contributed by atoms with Gasteiger partial charge >= 0.3 is 0 Å². The van der Waals surface area contributed by atoms with Crippen LogP contribution in [0.25, 0.3) is 54.8 Å². The topological polar surface area (TPSA) is 12.9 Å². The lowest BCUT2D eigenvalue weighted by Gasteiger charge is -2.15. The molecule has 0 amide bonds. The Labute approximate surface area is 175 Å². The van der Waals surface area contributed by atoms with Gasteiger partial charge in [-0.3, -0.25) is 0 Å². The van der Waals surface area contributed by atoms with Crippen molar-refractivity contribution in [3.63, 3.8) is 0 Å². The van der Waals surface area contributed by atoms with Gasteiger partial charge in [0.05, 0.1) is 11.2 Å². The minimum atomic E-state index is 1.02. The molecule has 0 aliphatic carbocycles. The van der Waals surface area contributed by atoms with Crippen LogP contribution in [0.2, 0.25) is 0 Å². The van der Waals surface area contributed by atoms with Crippen molar-refractivity contribution in [1.29, 1.82) is 0 Å². The molecule has 0 bridgehead atoms. The highest BCUT2D eigenvalue weighted by molar-refractivity contribution is 6.06. The number of pyridine rings is 1. The molecule has 0 radical (unpaired) electrons. The first-order chi connectivity index (χ1) is 14.9. The van der Waals surface area contributed by atoms with E-state index in [0.717, 1.165) is 16.6 Å². The molecule has 5 aromatic carbocycles. The maximum absolute atomic E-state index is 5.18. The molecule has 0 spiro atoms. The fourth-order valence-corrected chi connectivity index (χ4v) is 4.42. The van der Waals surface area contributed by atoms with Gasteiger partial charge in [-0.15, -0.1) is 0 Å². The largest absolute Gasteiger partial charge is 0.247 e. The molecule has 0 N–H and O–H groups in total. The molecule has 6 aromatic rings. The summed E-state index contributed by atoms with van der Waals surface area (Å²) in [5.41, 5.74) is 5.60. The Morgan fingerprint density at radius 3 is 1.67 bits per heavy atom. The molecule has 6 rings (SSSR count). The molecular formula is C29H19N. The number of aromatic nitrogens is 1. The van der Waals surface area contributed by atoms with Gasteiger partial charge in [0.25, 0.3) is 0 Å². The number of rotatable bonds is 2. The fourth-order valence-electron chi connectivity index (χ4n) is 4.42. The number of fused-ring (bicyclic) bond motifs is 3. The Morgan fingerprint density at radius 1 is 0.400 bits per heavy atom. The summed E-state index contributed by atoms with van der Waals surface area (Å²) in [6.07, 6.45) is 0. The van der Waals surface area contributed by atoms with Gasteiger partial charge in [-0.2, -0.15) is 0 Å². The third-order valence-electron chi connectivity index (χ3n) is 5.85. The average Bonchev–Trinajstić information content (AvgIpc) is 2.82. The van der Waals surface area contributed by atoms with Crippen LogP contribution >= 0.6 is 0 Å². The van der Waals surface area contributed by atoms with E-state index in [2.05, 4.69) is 115 Å². The Hall–Kier alpha value is -3.97. The van der Waals surface area contributed by atoms with Crippen LogP contribution in [0, 0.1) is 0 Å². The van der Waals surface area contributed by atoms with Gasteiger partial charge in [0.15, 0.2) is 0 Å². The second kappa shape index (κ2) is 6.82. The van der Waals surface area contributed by atoms with E-state index in [1.54, 1.807) is 0 Å². The second-order valence-electron chi connectivity index (χ2n) is 7.63. The molecule has 0 aliphatic rings. The van der Waals surface area contributed by atoms with E-state index >= 15 is 0 Å². The van der Waals surface area contributed by atoms with Gasteiger partial charge in [-0.25, -0.2) is 4.98 Å². The molecular weight excluding hydrogens is 362 g/mol. The summed E-state index contributed by atoms with van der Waals surface area (Å²) in [5.74, 6) is 0. The van der Waals surface area contributed by atoms with Crippen molar-refractivity contribution in [3.8, 4) is 22.4 Å². The zero-order chi connectivity index (χ0) is 19.9. The molecule has 1 aromatic heterocycles. The van der Waals surface area contributed by atoms with E-state index in [4.69, 9.17) is 4.98 Å². The average molecular weight is 381 g/mol. The smallest absolute Gasteiger partial charge is 0.0794 e. The van der Waals surface area contributed by atoms with Crippen LogP contribution in [0.4, 0.5) is 0 Å². The minimum Gasteiger partial charge on any atom is -0.247 e. The van der Waals surface area contributed by atoms with E-state index < -0.39 is 0 Å². The molecule has 0 saturated heterocycles.